The summed E-state index contributed by atoms with van der Waals surface area (Å²) in [5, 5.41) is 25.5. The standard InChI is InChI=1S/C26H22N4O4/c27-16-17-5-6-18(3-1-4-24(31)32)22(13-17)29-25(33)21-15-26(21)9-12-34-23-8-7-19(14-20(23)26)30-11-2-10-28-30/h1-2,4-8,10-11,13-14,21H,3,9,12,15H2,(H,29,33)(H,31,32)/t21-,26-/m0/s1. The van der Waals surface area contributed by atoms with Crippen LogP contribution in [-0.2, 0) is 21.4 Å². The number of aromatic nitrogens is 2. The van der Waals surface area contributed by atoms with Gasteiger partial charge in [-0.1, -0.05) is 12.1 Å². The minimum Gasteiger partial charge on any atom is -0.493 e. The number of allylic oxidation sites excluding steroid dienone is 1. The Kier molecular flexibility index (Phi) is 5.38. The number of carboxylic acid groups (broad SMARTS) is 1. The van der Waals surface area contributed by atoms with E-state index in [1.807, 2.05) is 30.5 Å². The largest absolute Gasteiger partial charge is 0.493 e. The molecule has 1 fully saturated rings. The van der Waals surface area contributed by atoms with E-state index in [1.165, 1.54) is 6.08 Å². The van der Waals surface area contributed by atoms with Crippen molar-refractivity contribution in [3.05, 3.63) is 83.7 Å². The molecule has 1 aromatic heterocycles. The van der Waals surface area contributed by atoms with Crippen LogP contribution in [0.25, 0.3) is 5.69 Å². The van der Waals surface area contributed by atoms with Crippen LogP contribution in [0.15, 0.2) is 67.0 Å². The van der Waals surface area contributed by atoms with Crippen LogP contribution in [0.5, 0.6) is 5.75 Å². The van der Waals surface area contributed by atoms with Crippen molar-refractivity contribution >= 4 is 17.6 Å². The van der Waals surface area contributed by atoms with Gasteiger partial charge in [0.2, 0.25) is 5.91 Å². The number of nitrogens with zero attached hydrogens (tertiary/aromatic N) is 3. The van der Waals surface area contributed by atoms with E-state index < -0.39 is 5.97 Å². The molecule has 170 valence electrons. The van der Waals surface area contributed by atoms with Gasteiger partial charge in [0.05, 0.1) is 23.9 Å². The summed E-state index contributed by atoms with van der Waals surface area (Å²) in [6.07, 6.45) is 7.96. The number of aliphatic carboxylic acids is 1. The number of hydrogen-bond acceptors (Lipinski definition) is 5. The Morgan fingerprint density at radius 3 is 2.97 bits per heavy atom. The van der Waals surface area contributed by atoms with E-state index in [-0.39, 0.29) is 17.2 Å². The number of rotatable bonds is 6. The minimum absolute atomic E-state index is 0.115. The van der Waals surface area contributed by atoms with E-state index in [2.05, 4.69) is 16.5 Å². The Morgan fingerprint density at radius 1 is 1.32 bits per heavy atom. The minimum atomic E-state index is -1.04. The van der Waals surface area contributed by atoms with Crippen molar-refractivity contribution in [2.75, 3.05) is 11.9 Å². The highest BCUT2D eigenvalue weighted by Crippen LogP contribution is 2.61. The van der Waals surface area contributed by atoms with Gasteiger partial charge in [0.15, 0.2) is 0 Å². The van der Waals surface area contributed by atoms with Crippen LogP contribution < -0.4 is 10.1 Å². The number of amides is 1. The number of fused-ring (bicyclic) bond motifs is 2. The monoisotopic (exact) mass is 454 g/mol. The quantitative estimate of drug-likeness (QED) is 0.550. The molecule has 1 amide bonds. The molecule has 5 rings (SSSR count). The summed E-state index contributed by atoms with van der Waals surface area (Å²) in [6, 6.07) is 14.9. The number of anilines is 1. The van der Waals surface area contributed by atoms with Gasteiger partial charge >= 0.3 is 5.97 Å². The molecule has 1 saturated carbocycles. The van der Waals surface area contributed by atoms with E-state index in [1.54, 1.807) is 29.1 Å². The smallest absolute Gasteiger partial charge is 0.327 e. The van der Waals surface area contributed by atoms with Crippen molar-refractivity contribution < 1.29 is 19.4 Å². The van der Waals surface area contributed by atoms with Crippen molar-refractivity contribution in [2.24, 2.45) is 5.92 Å². The lowest BCUT2D eigenvalue weighted by Crippen LogP contribution is -2.27. The third-order valence-electron chi connectivity index (χ3n) is 6.56. The first-order chi connectivity index (χ1) is 16.5. The highest BCUT2D eigenvalue weighted by Gasteiger charge is 2.61. The number of carboxylic acids is 1. The first-order valence-corrected chi connectivity index (χ1v) is 11.0. The van der Waals surface area contributed by atoms with Crippen molar-refractivity contribution in [3.63, 3.8) is 0 Å². The number of carbonyl (C=O) groups excluding carboxylic acids is 1. The average Bonchev–Trinajstić information content (AvgIpc) is 3.28. The zero-order valence-electron chi connectivity index (χ0n) is 18.3. The number of hydrogen-bond donors (Lipinski definition) is 2. The molecule has 1 aliphatic carbocycles. The fourth-order valence-corrected chi connectivity index (χ4v) is 4.74. The first kappa shape index (κ1) is 21.5. The third kappa shape index (κ3) is 3.92. The molecule has 2 N–H and O–H groups in total. The lowest BCUT2D eigenvalue weighted by Gasteiger charge is -2.27. The molecule has 1 aliphatic heterocycles. The summed E-state index contributed by atoms with van der Waals surface area (Å²) < 4.78 is 7.66. The van der Waals surface area contributed by atoms with Gasteiger partial charge in [-0.2, -0.15) is 10.4 Å². The Morgan fingerprint density at radius 2 is 2.21 bits per heavy atom. The second-order valence-electron chi connectivity index (χ2n) is 8.56. The van der Waals surface area contributed by atoms with Crippen LogP contribution in [0, 0.1) is 17.2 Å². The second kappa shape index (κ2) is 8.52. The maximum atomic E-state index is 13.3. The van der Waals surface area contributed by atoms with Gasteiger partial charge in [-0.05, 0) is 61.2 Å². The molecule has 0 saturated heterocycles. The number of ether oxygens (including phenoxy) is 1. The molecule has 8 heteroatoms. The predicted octanol–water partition coefficient (Wildman–Crippen LogP) is 3.61. The van der Waals surface area contributed by atoms with E-state index in [0.29, 0.717) is 30.7 Å². The Bertz CT molecular complexity index is 1340. The summed E-state index contributed by atoms with van der Waals surface area (Å²) in [5.41, 5.74) is 3.33. The molecule has 34 heavy (non-hydrogen) atoms. The molecule has 1 spiro atoms. The van der Waals surface area contributed by atoms with Crippen LogP contribution in [0.1, 0.15) is 29.5 Å². The number of carbonyl (C=O) groups is 2. The van der Waals surface area contributed by atoms with E-state index in [9.17, 15) is 14.9 Å². The molecule has 2 aliphatic rings. The SMILES string of the molecule is N#Cc1ccc(CC=CC(=O)O)c(NC(=O)[C@@H]2C[C@]23CCOc2ccc(-n4cccn4)cc23)c1. The van der Waals surface area contributed by atoms with E-state index in [0.717, 1.165) is 35.1 Å². The lowest BCUT2D eigenvalue weighted by molar-refractivity contribution is -0.131. The molecule has 0 unspecified atom stereocenters. The van der Waals surface area contributed by atoms with Crippen LogP contribution in [-0.4, -0.2) is 33.4 Å². The predicted molar refractivity (Wildman–Crippen MR) is 124 cm³/mol. The first-order valence-electron chi connectivity index (χ1n) is 11.0. The van der Waals surface area contributed by atoms with Gasteiger partial charge in [0.1, 0.15) is 5.75 Å². The van der Waals surface area contributed by atoms with Crippen LogP contribution in [0.3, 0.4) is 0 Å². The van der Waals surface area contributed by atoms with Crippen molar-refractivity contribution in [1.82, 2.24) is 9.78 Å². The topological polar surface area (TPSA) is 117 Å². The lowest BCUT2D eigenvalue weighted by atomic mass is 9.87. The van der Waals surface area contributed by atoms with E-state index in [4.69, 9.17) is 9.84 Å². The Balaban J connectivity index is 1.40. The van der Waals surface area contributed by atoms with Crippen LogP contribution in [0.4, 0.5) is 5.69 Å². The highest BCUT2D eigenvalue weighted by molar-refractivity contribution is 5.97. The molecular formula is C26H22N4O4. The normalized spacial score (nSPS) is 20.4. The highest BCUT2D eigenvalue weighted by atomic mass is 16.5. The average molecular weight is 454 g/mol. The fraction of sp³-hybridized carbons (Fsp3) is 0.231. The molecule has 0 bridgehead atoms. The van der Waals surface area contributed by atoms with Crippen molar-refractivity contribution in [2.45, 2.75) is 24.7 Å². The maximum absolute atomic E-state index is 13.3. The summed E-state index contributed by atoms with van der Waals surface area (Å²) in [7, 11) is 0. The Hall–Kier alpha value is -4.38. The summed E-state index contributed by atoms with van der Waals surface area (Å²) in [5.74, 6) is -0.581. The summed E-state index contributed by atoms with van der Waals surface area (Å²) in [6.45, 7) is 0.549. The maximum Gasteiger partial charge on any atom is 0.327 e. The fourth-order valence-electron chi connectivity index (χ4n) is 4.74. The molecule has 2 heterocycles. The van der Waals surface area contributed by atoms with Crippen molar-refractivity contribution in [1.29, 1.82) is 5.26 Å². The molecule has 2 atom stereocenters. The van der Waals surface area contributed by atoms with Crippen LogP contribution in [0.2, 0.25) is 0 Å². The number of nitriles is 1. The Labute approximate surface area is 196 Å². The van der Waals surface area contributed by atoms with Gasteiger partial charge in [0, 0.05) is 41.1 Å². The van der Waals surface area contributed by atoms with Gasteiger partial charge in [-0.3, -0.25) is 4.79 Å². The van der Waals surface area contributed by atoms with Gasteiger partial charge in [0.25, 0.3) is 0 Å². The molecule has 8 nitrogen and oxygen atoms in total. The second-order valence-corrected chi connectivity index (χ2v) is 8.56. The van der Waals surface area contributed by atoms with Gasteiger partial charge in [-0.25, -0.2) is 9.48 Å². The molecule has 2 aromatic carbocycles. The molecule has 0 radical (unpaired) electrons. The number of nitrogens with one attached hydrogen (secondary N) is 1. The third-order valence-corrected chi connectivity index (χ3v) is 6.56. The molecule has 3 aromatic rings. The zero-order valence-corrected chi connectivity index (χ0v) is 18.3. The summed E-state index contributed by atoms with van der Waals surface area (Å²) >= 11 is 0. The van der Waals surface area contributed by atoms with Gasteiger partial charge in [-0.15, -0.1) is 0 Å². The van der Waals surface area contributed by atoms with Crippen molar-refractivity contribution in [3.8, 4) is 17.5 Å². The zero-order chi connectivity index (χ0) is 23.7. The number of benzene rings is 2. The summed E-state index contributed by atoms with van der Waals surface area (Å²) in [4.78, 5) is 24.1. The molecular weight excluding hydrogens is 432 g/mol. The van der Waals surface area contributed by atoms with Crippen LogP contribution >= 0.6 is 0 Å². The van der Waals surface area contributed by atoms with Gasteiger partial charge < -0.3 is 15.2 Å². The van der Waals surface area contributed by atoms with E-state index >= 15 is 0 Å².